The second kappa shape index (κ2) is 7.42. The first-order valence-corrected chi connectivity index (χ1v) is 9.09. The molecule has 1 aromatic rings. The fraction of sp³-hybridized carbons (Fsp3) is 0.450. The van der Waals surface area contributed by atoms with Gasteiger partial charge in [0.1, 0.15) is 17.8 Å². The van der Waals surface area contributed by atoms with Crippen LogP contribution in [0.5, 0.6) is 5.75 Å². The number of aromatic hydroxyl groups is 1. The number of carboxylic acids is 1. The van der Waals surface area contributed by atoms with Crippen LogP contribution in [0.2, 0.25) is 0 Å². The summed E-state index contributed by atoms with van der Waals surface area (Å²) in [5.41, 5.74) is 1.99. The minimum Gasteiger partial charge on any atom is -0.508 e. The van der Waals surface area contributed by atoms with Gasteiger partial charge < -0.3 is 20.4 Å². The largest absolute Gasteiger partial charge is 0.508 e. The lowest BCUT2D eigenvalue weighted by molar-refractivity contribution is -0.150. The van der Waals surface area contributed by atoms with E-state index in [1.165, 1.54) is 17.0 Å². The first-order chi connectivity index (χ1) is 12.8. The van der Waals surface area contributed by atoms with Crippen LogP contribution in [0.1, 0.15) is 48.5 Å². The monoisotopic (exact) mass is 372 g/mol. The van der Waals surface area contributed by atoms with Crippen LogP contribution in [0.25, 0.3) is 0 Å². The van der Waals surface area contributed by atoms with Crippen molar-refractivity contribution in [2.75, 3.05) is 0 Å². The van der Waals surface area contributed by atoms with Gasteiger partial charge in [0, 0.05) is 11.6 Å². The normalized spacial score (nSPS) is 27.2. The molecule has 0 bridgehead atoms. The number of rotatable bonds is 3. The number of aliphatic carboxylic acids is 1. The lowest BCUT2D eigenvalue weighted by atomic mass is 9.99. The third-order valence-corrected chi connectivity index (χ3v) is 5.36. The van der Waals surface area contributed by atoms with Crippen molar-refractivity contribution in [1.82, 2.24) is 10.2 Å². The van der Waals surface area contributed by atoms with Gasteiger partial charge in [0.2, 0.25) is 5.91 Å². The summed E-state index contributed by atoms with van der Waals surface area (Å²) in [4.78, 5) is 38.7. The van der Waals surface area contributed by atoms with Gasteiger partial charge in [0.25, 0.3) is 5.91 Å². The van der Waals surface area contributed by atoms with Gasteiger partial charge in [-0.1, -0.05) is 11.6 Å². The van der Waals surface area contributed by atoms with Gasteiger partial charge in [-0.15, -0.1) is 0 Å². The third kappa shape index (κ3) is 3.82. The Labute approximate surface area is 157 Å². The van der Waals surface area contributed by atoms with E-state index in [9.17, 15) is 24.6 Å². The Balaban J connectivity index is 1.85. The molecule has 1 fully saturated rings. The van der Waals surface area contributed by atoms with Crippen LogP contribution >= 0.6 is 0 Å². The second-order valence-corrected chi connectivity index (χ2v) is 7.35. The van der Waals surface area contributed by atoms with Gasteiger partial charge in [0.05, 0.1) is 0 Å². The molecule has 0 aliphatic carbocycles. The first-order valence-electron chi connectivity index (χ1n) is 9.09. The number of amides is 2. The van der Waals surface area contributed by atoms with Crippen LogP contribution < -0.4 is 5.32 Å². The fourth-order valence-corrected chi connectivity index (χ4v) is 3.87. The van der Waals surface area contributed by atoms with E-state index in [-0.39, 0.29) is 17.7 Å². The summed E-state index contributed by atoms with van der Waals surface area (Å²) in [7, 11) is 0. The molecule has 3 atom stereocenters. The number of benzene rings is 1. The van der Waals surface area contributed by atoms with Crippen molar-refractivity contribution in [3.63, 3.8) is 0 Å². The molecule has 1 aromatic carbocycles. The maximum absolute atomic E-state index is 13.1. The molecule has 144 valence electrons. The highest BCUT2D eigenvalue weighted by Gasteiger charge is 2.43. The molecule has 3 N–H and O–H groups in total. The van der Waals surface area contributed by atoms with Crippen LogP contribution in [-0.4, -0.2) is 51.0 Å². The minimum absolute atomic E-state index is 0.0938. The van der Waals surface area contributed by atoms with E-state index in [1.54, 1.807) is 13.0 Å². The Morgan fingerprint density at radius 1 is 1.22 bits per heavy atom. The molecule has 2 aliphatic rings. The molecule has 27 heavy (non-hydrogen) atoms. The molecule has 0 radical (unpaired) electrons. The summed E-state index contributed by atoms with van der Waals surface area (Å²) in [5, 5.41) is 21.8. The fourth-order valence-electron chi connectivity index (χ4n) is 3.87. The number of fused-ring (bicyclic) bond motifs is 1. The lowest BCUT2D eigenvalue weighted by Crippen LogP contribution is -2.54. The zero-order chi connectivity index (χ0) is 19.7. The van der Waals surface area contributed by atoms with Crippen LogP contribution in [0.15, 0.2) is 29.8 Å². The van der Waals surface area contributed by atoms with Crippen molar-refractivity contribution < 1.29 is 24.6 Å². The van der Waals surface area contributed by atoms with Crippen molar-refractivity contribution in [3.05, 3.63) is 41.0 Å². The number of phenols is 1. The Bertz CT molecular complexity index is 817. The molecule has 0 saturated carbocycles. The summed E-state index contributed by atoms with van der Waals surface area (Å²) in [5.74, 6) is -1.69. The predicted molar refractivity (Wildman–Crippen MR) is 98.4 cm³/mol. The molecule has 2 heterocycles. The van der Waals surface area contributed by atoms with Gasteiger partial charge in [-0.25, -0.2) is 4.79 Å². The maximum atomic E-state index is 13.1. The van der Waals surface area contributed by atoms with Gasteiger partial charge in [-0.3, -0.25) is 9.59 Å². The molecule has 7 nitrogen and oxygen atoms in total. The summed E-state index contributed by atoms with van der Waals surface area (Å²) in [6.07, 6.45) is 4.00. The van der Waals surface area contributed by atoms with Crippen LogP contribution in [-0.2, 0) is 9.59 Å². The smallest absolute Gasteiger partial charge is 0.326 e. The Hall–Kier alpha value is -2.83. The van der Waals surface area contributed by atoms with Crippen molar-refractivity contribution in [2.24, 2.45) is 0 Å². The van der Waals surface area contributed by atoms with E-state index in [0.717, 1.165) is 5.57 Å². The average molecular weight is 372 g/mol. The predicted octanol–water partition coefficient (Wildman–Crippen LogP) is 1.98. The molecule has 3 rings (SSSR count). The summed E-state index contributed by atoms with van der Waals surface area (Å²) < 4.78 is 0. The zero-order valence-electron chi connectivity index (χ0n) is 15.4. The summed E-state index contributed by atoms with van der Waals surface area (Å²) in [6.45, 7) is 3.65. The molecule has 2 aliphatic heterocycles. The van der Waals surface area contributed by atoms with Gasteiger partial charge in [-0.2, -0.15) is 0 Å². The van der Waals surface area contributed by atoms with Crippen LogP contribution in [0.3, 0.4) is 0 Å². The van der Waals surface area contributed by atoms with Gasteiger partial charge in [0.15, 0.2) is 0 Å². The molecular weight excluding hydrogens is 348 g/mol. The Kier molecular flexibility index (Phi) is 5.21. The Morgan fingerprint density at radius 2 is 1.96 bits per heavy atom. The number of carboxylic acid groups (broad SMARTS) is 1. The van der Waals surface area contributed by atoms with Gasteiger partial charge >= 0.3 is 5.97 Å². The molecule has 2 amide bonds. The zero-order valence-corrected chi connectivity index (χ0v) is 15.4. The number of carbonyl (C=O) groups is 3. The molecule has 0 unspecified atom stereocenters. The number of hydrogen-bond acceptors (Lipinski definition) is 4. The average Bonchev–Trinajstić information content (AvgIpc) is 3.02. The summed E-state index contributed by atoms with van der Waals surface area (Å²) in [6, 6.07) is 2.67. The quantitative estimate of drug-likeness (QED) is 0.704. The number of nitrogens with one attached hydrogen (secondary N) is 1. The maximum Gasteiger partial charge on any atom is 0.326 e. The number of hydrogen-bond donors (Lipinski definition) is 3. The topological polar surface area (TPSA) is 107 Å². The van der Waals surface area contributed by atoms with E-state index >= 15 is 0 Å². The second-order valence-electron chi connectivity index (χ2n) is 7.35. The number of carbonyl (C=O) groups excluding carboxylic acids is 2. The van der Waals surface area contributed by atoms with Crippen molar-refractivity contribution in [3.8, 4) is 5.75 Å². The van der Waals surface area contributed by atoms with Crippen molar-refractivity contribution >= 4 is 17.8 Å². The first kappa shape index (κ1) is 18.9. The van der Waals surface area contributed by atoms with E-state index in [4.69, 9.17) is 0 Å². The van der Waals surface area contributed by atoms with Gasteiger partial charge in [-0.05, 0) is 63.3 Å². The van der Waals surface area contributed by atoms with Crippen molar-refractivity contribution in [1.29, 1.82) is 0 Å². The molecule has 0 spiro atoms. The van der Waals surface area contributed by atoms with E-state index in [1.807, 2.05) is 13.0 Å². The Morgan fingerprint density at radius 3 is 2.63 bits per heavy atom. The number of nitrogens with zero attached hydrogens (tertiary/aromatic N) is 1. The molecule has 1 saturated heterocycles. The number of phenolic OH excluding ortho intramolecular Hbond substituents is 1. The highest BCUT2D eigenvalue weighted by molar-refractivity contribution is 5.98. The summed E-state index contributed by atoms with van der Waals surface area (Å²) >= 11 is 0. The highest BCUT2D eigenvalue weighted by atomic mass is 16.4. The van der Waals surface area contributed by atoms with E-state index in [2.05, 4.69) is 5.32 Å². The molecule has 0 aromatic heterocycles. The highest BCUT2D eigenvalue weighted by Crippen LogP contribution is 2.31. The SMILES string of the molecule is C/C1=C/C[C@H](NC(=O)c2ccc(O)c(C)c2)C(=O)N2[C@@H](CC[C@H]2C(=O)O)C1. The molecular formula is C20H24N2O5. The van der Waals surface area contributed by atoms with Crippen LogP contribution in [0, 0.1) is 6.92 Å². The van der Waals surface area contributed by atoms with Crippen molar-refractivity contribution in [2.45, 2.75) is 57.7 Å². The van der Waals surface area contributed by atoms with Crippen LogP contribution in [0.4, 0.5) is 0 Å². The lowest BCUT2D eigenvalue weighted by Gasteiger charge is -2.33. The molecule has 7 heteroatoms. The minimum atomic E-state index is -1.01. The standard InChI is InChI=1S/C20H24N2O5/c1-11-3-6-15(21-18(24)13-4-8-17(23)12(2)10-13)19(25)22-14(9-11)5-7-16(22)20(26)27/h3-4,8,10,14-16,23H,5-7,9H2,1-2H3,(H,21,24)(H,26,27)/b11-3-/t14-,15-,16-/m0/s1. The van der Waals surface area contributed by atoms with E-state index < -0.39 is 24.0 Å². The number of aryl methyl sites for hydroxylation is 1. The third-order valence-electron chi connectivity index (χ3n) is 5.36. The van der Waals surface area contributed by atoms with E-state index in [0.29, 0.717) is 36.8 Å².